The topological polar surface area (TPSA) is 55.4 Å². The minimum Gasteiger partial charge on any atom is -0.398 e. The molecule has 0 rings (SSSR count). The lowest BCUT2D eigenvalue weighted by atomic mass is 9.96. The molecule has 0 bridgehead atoms. The van der Waals surface area contributed by atoms with Crippen LogP contribution in [0.5, 0.6) is 0 Å². The van der Waals surface area contributed by atoms with Crippen molar-refractivity contribution in [2.45, 2.75) is 62.1 Å². The lowest BCUT2D eigenvalue weighted by Crippen LogP contribution is -2.57. The molecule has 0 aliphatic heterocycles. The fourth-order valence-corrected chi connectivity index (χ4v) is 16.9. The quantitative estimate of drug-likeness (QED) is 0.433. The van der Waals surface area contributed by atoms with Gasteiger partial charge in [0.2, 0.25) is 0 Å². The molecule has 3 atom stereocenters. The Morgan fingerprint density at radius 3 is 0.808 bits per heavy atom. The molecular formula is C16H42O6Si4. The fourth-order valence-electron chi connectivity index (χ4n) is 4.13. The van der Waals surface area contributed by atoms with E-state index in [1.54, 1.807) is 42.7 Å². The first-order valence-electron chi connectivity index (χ1n) is 9.14. The molecule has 3 unspecified atom stereocenters. The molecule has 0 saturated heterocycles. The Labute approximate surface area is 167 Å². The van der Waals surface area contributed by atoms with Gasteiger partial charge in [-0.15, -0.1) is 0 Å². The first-order valence-corrected chi connectivity index (χ1v) is 17.3. The van der Waals surface area contributed by atoms with E-state index in [0.717, 1.165) is 10.2 Å². The van der Waals surface area contributed by atoms with Gasteiger partial charge in [0, 0.05) is 69.5 Å². The van der Waals surface area contributed by atoms with Gasteiger partial charge in [0.1, 0.15) is 0 Å². The van der Waals surface area contributed by atoms with Crippen molar-refractivity contribution >= 4 is 35.9 Å². The highest BCUT2D eigenvalue weighted by Crippen LogP contribution is 2.64. The smallest absolute Gasteiger partial charge is 0.337 e. The molecule has 0 aromatic rings. The van der Waals surface area contributed by atoms with Gasteiger partial charge in [-0.3, -0.25) is 0 Å². The highest BCUT2D eigenvalue weighted by molar-refractivity contribution is 6.74. The highest BCUT2D eigenvalue weighted by atomic mass is 28.4. The van der Waals surface area contributed by atoms with Crippen molar-refractivity contribution in [3.8, 4) is 0 Å². The molecule has 0 heterocycles. The molecule has 0 N–H and O–H groups in total. The van der Waals surface area contributed by atoms with Gasteiger partial charge < -0.3 is 26.6 Å². The molecule has 0 aliphatic carbocycles. The maximum absolute atomic E-state index is 5.96. The number of hydrogen-bond donors (Lipinski definition) is 0. The summed E-state index contributed by atoms with van der Waals surface area (Å²) < 4.78 is 35.8. The van der Waals surface area contributed by atoms with Crippen LogP contribution in [0.1, 0.15) is 20.8 Å². The summed E-state index contributed by atoms with van der Waals surface area (Å²) in [6, 6.07) is 0. The van der Waals surface area contributed by atoms with Crippen LogP contribution >= 0.6 is 0 Å². The normalized spacial score (nSPS) is 19.8. The Morgan fingerprint density at radius 2 is 0.692 bits per heavy atom. The van der Waals surface area contributed by atoms with Gasteiger partial charge in [-0.1, -0.05) is 20.8 Å². The predicted octanol–water partition coefficient (Wildman–Crippen LogP) is 2.78. The van der Waals surface area contributed by atoms with Crippen LogP contribution in [-0.4, -0.2) is 78.6 Å². The van der Waals surface area contributed by atoms with Crippen LogP contribution in [0, 0.1) is 0 Å². The Bertz CT molecular complexity index is 367. The van der Waals surface area contributed by atoms with Gasteiger partial charge in [0.05, 0.1) is 0 Å². The van der Waals surface area contributed by atoms with Crippen LogP contribution < -0.4 is 0 Å². The summed E-state index contributed by atoms with van der Waals surface area (Å²) in [5, 5.41) is -0.0903. The standard InChI is InChI=1S/C16H42O6Si4/c1-13(24(10,17-4)18-5)16(23,14(2)25(11,19-6)20-7)15(3)26(12,21-8)22-9/h13-15H,1-12,23H3. The van der Waals surface area contributed by atoms with Gasteiger partial charge in [0.25, 0.3) is 0 Å². The minimum absolute atomic E-state index is 0.0903. The number of hydrogen-bond acceptors (Lipinski definition) is 6. The van der Waals surface area contributed by atoms with E-state index in [9.17, 15) is 0 Å². The average Bonchev–Trinajstić information content (AvgIpc) is 2.69. The van der Waals surface area contributed by atoms with Crippen LogP contribution in [0.2, 0.25) is 41.3 Å². The van der Waals surface area contributed by atoms with Crippen molar-refractivity contribution in [2.24, 2.45) is 0 Å². The first-order chi connectivity index (χ1) is 11.8. The summed E-state index contributed by atoms with van der Waals surface area (Å²) in [6.45, 7) is 13.2. The second-order valence-corrected chi connectivity index (χ2v) is 20.7. The zero-order valence-electron chi connectivity index (χ0n) is 19.2. The van der Waals surface area contributed by atoms with Gasteiger partial charge in [-0.05, 0) is 24.7 Å². The SMILES string of the molecule is CO[Si](C)(OC)C(C)C([SiH3])(C(C)[Si](C)(OC)OC)C(C)[Si](C)(OC)OC. The Hall–Kier alpha value is 0.628. The molecular weight excluding hydrogens is 401 g/mol. The molecule has 0 aromatic carbocycles. The van der Waals surface area contributed by atoms with Crippen LogP contribution in [0.3, 0.4) is 0 Å². The molecule has 0 aliphatic rings. The van der Waals surface area contributed by atoms with Crippen molar-refractivity contribution in [3.63, 3.8) is 0 Å². The molecule has 158 valence electrons. The Morgan fingerprint density at radius 1 is 0.538 bits per heavy atom. The van der Waals surface area contributed by atoms with Crippen molar-refractivity contribution in [2.75, 3.05) is 42.7 Å². The Kier molecular flexibility index (Phi) is 10.1. The third-order valence-corrected chi connectivity index (χ3v) is 23.4. The summed E-state index contributed by atoms with van der Waals surface area (Å²) >= 11 is 0. The summed E-state index contributed by atoms with van der Waals surface area (Å²) in [4.78, 5) is 0. The average molecular weight is 443 g/mol. The number of rotatable bonds is 12. The van der Waals surface area contributed by atoms with E-state index in [1.165, 1.54) is 0 Å². The monoisotopic (exact) mass is 442 g/mol. The first kappa shape index (κ1) is 26.6. The highest BCUT2D eigenvalue weighted by Gasteiger charge is 2.62. The second-order valence-electron chi connectivity index (χ2n) is 7.80. The maximum atomic E-state index is 5.96. The summed E-state index contributed by atoms with van der Waals surface area (Å²) in [6.07, 6.45) is 0. The van der Waals surface area contributed by atoms with Gasteiger partial charge >= 0.3 is 25.7 Å². The van der Waals surface area contributed by atoms with Gasteiger partial charge in [0.15, 0.2) is 0 Å². The van der Waals surface area contributed by atoms with E-state index in [1.807, 2.05) is 0 Å². The maximum Gasteiger partial charge on any atom is 0.337 e. The van der Waals surface area contributed by atoms with E-state index in [2.05, 4.69) is 40.4 Å². The van der Waals surface area contributed by atoms with E-state index in [4.69, 9.17) is 26.6 Å². The molecule has 0 spiro atoms. The zero-order valence-corrected chi connectivity index (χ0v) is 24.2. The summed E-state index contributed by atoms with van der Waals surface area (Å²) in [5.41, 5.74) is 0.655. The van der Waals surface area contributed by atoms with Gasteiger partial charge in [-0.2, -0.15) is 0 Å². The molecule has 10 heteroatoms. The lowest BCUT2D eigenvalue weighted by molar-refractivity contribution is 0.186. The summed E-state index contributed by atoms with van der Waals surface area (Å²) in [7, 11) is 4.23. The van der Waals surface area contributed by atoms with Crippen LogP contribution in [-0.2, 0) is 26.6 Å². The molecule has 0 aromatic heterocycles. The molecule has 0 amide bonds. The van der Waals surface area contributed by atoms with Crippen LogP contribution in [0.4, 0.5) is 0 Å². The summed E-state index contributed by atoms with van der Waals surface area (Å²) in [5.74, 6) is 0. The fraction of sp³-hybridized carbons (Fsp3) is 1.00. The molecule has 0 fully saturated rings. The third kappa shape index (κ3) is 4.61. The zero-order chi connectivity index (χ0) is 21.0. The molecule has 6 nitrogen and oxygen atoms in total. The third-order valence-electron chi connectivity index (χ3n) is 7.59. The second kappa shape index (κ2) is 9.90. The van der Waals surface area contributed by atoms with E-state index >= 15 is 0 Å². The van der Waals surface area contributed by atoms with Crippen LogP contribution in [0.25, 0.3) is 0 Å². The predicted molar refractivity (Wildman–Crippen MR) is 118 cm³/mol. The van der Waals surface area contributed by atoms with Crippen molar-refractivity contribution in [3.05, 3.63) is 0 Å². The minimum atomic E-state index is -2.41. The van der Waals surface area contributed by atoms with E-state index < -0.39 is 25.7 Å². The Balaban J connectivity index is 6.53. The lowest BCUT2D eigenvalue weighted by Gasteiger charge is -2.55. The molecule has 0 radical (unpaired) electrons. The van der Waals surface area contributed by atoms with Gasteiger partial charge in [-0.25, -0.2) is 0 Å². The largest absolute Gasteiger partial charge is 0.398 e. The molecule has 0 saturated carbocycles. The van der Waals surface area contributed by atoms with Crippen molar-refractivity contribution < 1.29 is 26.6 Å². The molecule has 26 heavy (non-hydrogen) atoms. The van der Waals surface area contributed by atoms with E-state index in [-0.39, 0.29) is 21.7 Å². The van der Waals surface area contributed by atoms with Crippen molar-refractivity contribution in [1.82, 2.24) is 0 Å². The van der Waals surface area contributed by atoms with Crippen LogP contribution in [0.15, 0.2) is 0 Å². The van der Waals surface area contributed by atoms with Crippen molar-refractivity contribution in [1.29, 1.82) is 0 Å². The van der Waals surface area contributed by atoms with E-state index in [0.29, 0.717) is 0 Å².